The van der Waals surface area contributed by atoms with Gasteiger partial charge in [-0.2, -0.15) is 0 Å². The number of nitrogens with two attached hydrogens (primary N) is 1. The van der Waals surface area contributed by atoms with Gasteiger partial charge in [0.1, 0.15) is 0 Å². The molecule has 1 atom stereocenters. The Bertz CT molecular complexity index is 277. The van der Waals surface area contributed by atoms with Crippen LogP contribution in [-0.2, 0) is 0 Å². The largest absolute Gasteiger partial charge is 0.324 e. The molecule has 0 radical (unpaired) electrons. The van der Waals surface area contributed by atoms with Gasteiger partial charge in [0.25, 0.3) is 0 Å². The van der Waals surface area contributed by atoms with E-state index in [1.807, 2.05) is 18.7 Å². The van der Waals surface area contributed by atoms with Gasteiger partial charge in [-0.05, 0) is 42.7 Å². The van der Waals surface area contributed by atoms with E-state index in [-0.39, 0.29) is 6.04 Å². The molecule has 2 N–H and O–H groups in total. The van der Waals surface area contributed by atoms with E-state index in [9.17, 15) is 0 Å². The Kier molecular flexibility index (Phi) is 5.20. The molecule has 1 aromatic carbocycles. The summed E-state index contributed by atoms with van der Waals surface area (Å²) in [5.74, 6) is 2.00. The van der Waals surface area contributed by atoms with Crippen LogP contribution in [0, 0.1) is 5.92 Å². The van der Waals surface area contributed by atoms with Gasteiger partial charge in [-0.1, -0.05) is 26.0 Å². The average Bonchev–Trinajstić information content (AvgIpc) is 2.18. The Morgan fingerprint density at radius 1 is 1.13 bits per heavy atom. The summed E-state index contributed by atoms with van der Waals surface area (Å²) in [5, 5.41) is 0. The van der Waals surface area contributed by atoms with Crippen molar-refractivity contribution in [3.05, 3.63) is 29.8 Å². The lowest BCUT2D eigenvalue weighted by Crippen LogP contribution is -2.04. The van der Waals surface area contributed by atoms with Crippen LogP contribution >= 0.6 is 11.8 Å². The topological polar surface area (TPSA) is 26.0 Å². The van der Waals surface area contributed by atoms with Gasteiger partial charge in [0.2, 0.25) is 0 Å². The highest BCUT2D eigenvalue weighted by Crippen LogP contribution is 2.22. The van der Waals surface area contributed by atoms with Crippen LogP contribution in [-0.4, -0.2) is 5.75 Å². The first-order chi connectivity index (χ1) is 7.09. The van der Waals surface area contributed by atoms with Crippen LogP contribution in [0.1, 0.15) is 38.8 Å². The summed E-state index contributed by atoms with van der Waals surface area (Å²) in [5.41, 5.74) is 7.01. The summed E-state index contributed by atoms with van der Waals surface area (Å²) >= 11 is 1.93. The molecule has 0 saturated heterocycles. The van der Waals surface area contributed by atoms with E-state index in [1.54, 1.807) is 0 Å². The molecule has 0 aliphatic rings. The van der Waals surface area contributed by atoms with Gasteiger partial charge in [-0.3, -0.25) is 0 Å². The van der Waals surface area contributed by atoms with E-state index in [0.717, 1.165) is 5.92 Å². The lowest BCUT2D eigenvalue weighted by molar-refractivity contribution is 0.632. The molecule has 0 heterocycles. The van der Waals surface area contributed by atoms with E-state index >= 15 is 0 Å². The second kappa shape index (κ2) is 6.19. The fourth-order valence-electron chi connectivity index (χ4n) is 1.28. The van der Waals surface area contributed by atoms with Crippen LogP contribution in [0.25, 0.3) is 0 Å². The lowest BCUT2D eigenvalue weighted by Gasteiger charge is -2.07. The predicted molar refractivity (Wildman–Crippen MR) is 69.2 cm³/mol. The molecule has 1 nitrogen and oxygen atoms in total. The van der Waals surface area contributed by atoms with Gasteiger partial charge in [0.05, 0.1) is 0 Å². The zero-order valence-corrected chi connectivity index (χ0v) is 10.7. The zero-order valence-electron chi connectivity index (χ0n) is 9.86. The monoisotopic (exact) mass is 223 g/mol. The first-order valence-corrected chi connectivity index (χ1v) is 6.56. The Labute approximate surface area is 97.4 Å². The SMILES string of the molecule is CC(C)CCSc1ccc([C@H](C)N)cc1. The third kappa shape index (κ3) is 4.72. The van der Waals surface area contributed by atoms with Crippen LogP contribution in [0.15, 0.2) is 29.2 Å². The van der Waals surface area contributed by atoms with Crippen molar-refractivity contribution in [3.8, 4) is 0 Å². The standard InChI is InChI=1S/C13H21NS/c1-10(2)8-9-15-13-6-4-12(5-7-13)11(3)14/h4-7,10-11H,8-9,14H2,1-3H3/t11-/m0/s1. The third-order valence-electron chi connectivity index (χ3n) is 2.37. The second-order valence-corrected chi connectivity index (χ2v) is 5.56. The van der Waals surface area contributed by atoms with Crippen molar-refractivity contribution in [2.75, 3.05) is 5.75 Å². The normalized spacial score (nSPS) is 13.1. The summed E-state index contributed by atoms with van der Waals surface area (Å²) in [7, 11) is 0. The molecule has 0 aromatic heterocycles. The number of rotatable bonds is 5. The highest BCUT2D eigenvalue weighted by atomic mass is 32.2. The molecule has 1 aromatic rings. The number of hydrogen-bond acceptors (Lipinski definition) is 2. The van der Waals surface area contributed by atoms with E-state index < -0.39 is 0 Å². The van der Waals surface area contributed by atoms with Gasteiger partial charge >= 0.3 is 0 Å². The third-order valence-corrected chi connectivity index (χ3v) is 3.42. The molecule has 2 heteroatoms. The summed E-state index contributed by atoms with van der Waals surface area (Å²) in [6.07, 6.45) is 1.28. The van der Waals surface area contributed by atoms with Crippen molar-refractivity contribution in [1.29, 1.82) is 0 Å². The molecular weight excluding hydrogens is 202 g/mol. The molecule has 0 saturated carbocycles. The first kappa shape index (κ1) is 12.6. The Hall–Kier alpha value is -0.470. The minimum Gasteiger partial charge on any atom is -0.324 e. The van der Waals surface area contributed by atoms with Crippen molar-refractivity contribution in [2.24, 2.45) is 11.7 Å². The molecular formula is C13H21NS. The minimum absolute atomic E-state index is 0.139. The maximum Gasteiger partial charge on any atom is 0.0266 e. The summed E-state index contributed by atoms with van der Waals surface area (Å²) in [6, 6.07) is 8.73. The minimum atomic E-state index is 0.139. The molecule has 0 aliphatic heterocycles. The maximum absolute atomic E-state index is 5.80. The zero-order chi connectivity index (χ0) is 11.3. The molecule has 0 aliphatic carbocycles. The fraction of sp³-hybridized carbons (Fsp3) is 0.538. The molecule has 0 spiro atoms. The molecule has 0 unspecified atom stereocenters. The van der Waals surface area contributed by atoms with Crippen molar-refractivity contribution >= 4 is 11.8 Å². The highest BCUT2D eigenvalue weighted by molar-refractivity contribution is 7.99. The summed E-state index contributed by atoms with van der Waals surface area (Å²) in [4.78, 5) is 1.35. The molecule has 0 amide bonds. The smallest absolute Gasteiger partial charge is 0.0266 e. The van der Waals surface area contributed by atoms with Gasteiger partial charge < -0.3 is 5.73 Å². The number of thioether (sulfide) groups is 1. The van der Waals surface area contributed by atoms with Crippen LogP contribution in [0.2, 0.25) is 0 Å². The first-order valence-electron chi connectivity index (χ1n) is 5.58. The predicted octanol–water partition coefficient (Wildman–Crippen LogP) is 3.84. The van der Waals surface area contributed by atoms with Crippen LogP contribution in [0.5, 0.6) is 0 Å². The fourth-order valence-corrected chi connectivity index (χ4v) is 2.43. The molecule has 15 heavy (non-hydrogen) atoms. The van der Waals surface area contributed by atoms with Crippen molar-refractivity contribution in [1.82, 2.24) is 0 Å². The summed E-state index contributed by atoms with van der Waals surface area (Å²) in [6.45, 7) is 6.54. The lowest BCUT2D eigenvalue weighted by atomic mass is 10.1. The quantitative estimate of drug-likeness (QED) is 0.767. The van der Waals surface area contributed by atoms with Crippen molar-refractivity contribution in [2.45, 2.75) is 38.1 Å². The van der Waals surface area contributed by atoms with Crippen molar-refractivity contribution in [3.63, 3.8) is 0 Å². The Balaban J connectivity index is 2.43. The van der Waals surface area contributed by atoms with Gasteiger partial charge in [-0.25, -0.2) is 0 Å². The van der Waals surface area contributed by atoms with Gasteiger partial charge in [-0.15, -0.1) is 11.8 Å². The molecule has 1 rings (SSSR count). The Morgan fingerprint density at radius 2 is 1.73 bits per heavy atom. The van der Waals surface area contributed by atoms with Crippen molar-refractivity contribution < 1.29 is 0 Å². The average molecular weight is 223 g/mol. The number of benzene rings is 1. The van der Waals surface area contributed by atoms with E-state index in [0.29, 0.717) is 0 Å². The van der Waals surface area contributed by atoms with E-state index in [2.05, 4.69) is 38.1 Å². The number of hydrogen-bond donors (Lipinski definition) is 1. The highest BCUT2D eigenvalue weighted by Gasteiger charge is 2.00. The molecule has 84 valence electrons. The molecule has 0 fully saturated rings. The second-order valence-electron chi connectivity index (χ2n) is 4.39. The summed E-state index contributed by atoms with van der Waals surface area (Å²) < 4.78 is 0. The van der Waals surface area contributed by atoms with Gasteiger partial charge in [0.15, 0.2) is 0 Å². The van der Waals surface area contributed by atoms with E-state index in [1.165, 1.54) is 22.6 Å². The van der Waals surface area contributed by atoms with Crippen LogP contribution in [0.3, 0.4) is 0 Å². The van der Waals surface area contributed by atoms with Crippen LogP contribution < -0.4 is 5.73 Å². The van der Waals surface area contributed by atoms with Gasteiger partial charge in [0, 0.05) is 10.9 Å². The van der Waals surface area contributed by atoms with Crippen LogP contribution in [0.4, 0.5) is 0 Å². The maximum atomic E-state index is 5.80. The van der Waals surface area contributed by atoms with E-state index in [4.69, 9.17) is 5.73 Å². The molecule has 0 bridgehead atoms. The Morgan fingerprint density at radius 3 is 2.20 bits per heavy atom.